The summed E-state index contributed by atoms with van der Waals surface area (Å²) in [6.07, 6.45) is 16.0. The average molecular weight is 248 g/mol. The predicted molar refractivity (Wildman–Crippen MR) is 80.0 cm³/mol. The SMILES string of the molecule is C1CCCC(=NCCN=C2CCCCCC2)CC1. The Balaban J connectivity index is 1.70. The lowest BCUT2D eigenvalue weighted by Crippen LogP contribution is -2.02. The van der Waals surface area contributed by atoms with E-state index in [1.54, 1.807) is 0 Å². The highest BCUT2D eigenvalue weighted by molar-refractivity contribution is 5.85. The van der Waals surface area contributed by atoms with Crippen LogP contribution < -0.4 is 0 Å². The van der Waals surface area contributed by atoms with Gasteiger partial charge < -0.3 is 0 Å². The Bertz CT molecular complexity index is 241. The van der Waals surface area contributed by atoms with Crippen LogP contribution in [0.4, 0.5) is 0 Å². The Morgan fingerprint density at radius 2 is 0.833 bits per heavy atom. The number of hydrogen-bond acceptors (Lipinski definition) is 2. The fraction of sp³-hybridized carbons (Fsp3) is 0.875. The standard InChI is InChI=1S/C16H28N2/c1-2-6-10-15(9-5-1)17-13-14-18-16-11-7-3-4-8-12-16/h1-14H2. The number of aliphatic imine (C=N–C) groups is 2. The van der Waals surface area contributed by atoms with E-state index in [2.05, 4.69) is 0 Å². The number of rotatable bonds is 3. The van der Waals surface area contributed by atoms with Crippen LogP contribution in [0.3, 0.4) is 0 Å². The van der Waals surface area contributed by atoms with Crippen LogP contribution in [0, 0.1) is 0 Å². The molecule has 2 fully saturated rings. The van der Waals surface area contributed by atoms with Crippen molar-refractivity contribution < 1.29 is 0 Å². The molecular weight excluding hydrogens is 220 g/mol. The van der Waals surface area contributed by atoms with Crippen LogP contribution in [0.2, 0.25) is 0 Å². The van der Waals surface area contributed by atoms with Crippen LogP contribution in [0.1, 0.15) is 77.0 Å². The van der Waals surface area contributed by atoms with E-state index in [1.165, 1.54) is 88.5 Å². The van der Waals surface area contributed by atoms with Crippen LogP contribution in [0.5, 0.6) is 0 Å². The van der Waals surface area contributed by atoms with Gasteiger partial charge in [0.15, 0.2) is 0 Å². The van der Waals surface area contributed by atoms with E-state index in [9.17, 15) is 0 Å². The Morgan fingerprint density at radius 1 is 0.500 bits per heavy atom. The summed E-state index contributed by atoms with van der Waals surface area (Å²) >= 11 is 0. The first-order valence-corrected chi connectivity index (χ1v) is 7.99. The Hall–Kier alpha value is -0.660. The van der Waals surface area contributed by atoms with Gasteiger partial charge in [0, 0.05) is 11.4 Å². The van der Waals surface area contributed by atoms with E-state index in [-0.39, 0.29) is 0 Å². The molecule has 0 heterocycles. The highest BCUT2D eigenvalue weighted by Crippen LogP contribution is 2.16. The van der Waals surface area contributed by atoms with Gasteiger partial charge in [-0.05, 0) is 51.4 Å². The van der Waals surface area contributed by atoms with Crippen molar-refractivity contribution in [2.45, 2.75) is 77.0 Å². The van der Waals surface area contributed by atoms with Crippen molar-refractivity contribution in [1.82, 2.24) is 0 Å². The summed E-state index contributed by atoms with van der Waals surface area (Å²) in [6, 6.07) is 0. The van der Waals surface area contributed by atoms with Crippen LogP contribution in [0.25, 0.3) is 0 Å². The van der Waals surface area contributed by atoms with Crippen molar-refractivity contribution in [3.05, 3.63) is 0 Å². The highest BCUT2D eigenvalue weighted by atomic mass is 14.8. The van der Waals surface area contributed by atoms with Crippen LogP contribution in [0.15, 0.2) is 9.98 Å². The molecule has 0 saturated heterocycles. The first-order chi connectivity index (χ1) is 8.95. The minimum atomic E-state index is 0.929. The van der Waals surface area contributed by atoms with Gasteiger partial charge >= 0.3 is 0 Å². The van der Waals surface area contributed by atoms with Gasteiger partial charge in [0.05, 0.1) is 13.1 Å². The minimum absolute atomic E-state index is 0.929. The molecule has 0 radical (unpaired) electrons. The van der Waals surface area contributed by atoms with Gasteiger partial charge in [0.25, 0.3) is 0 Å². The maximum Gasteiger partial charge on any atom is 0.0584 e. The van der Waals surface area contributed by atoms with Crippen molar-refractivity contribution in [1.29, 1.82) is 0 Å². The van der Waals surface area contributed by atoms with Gasteiger partial charge in [-0.3, -0.25) is 9.98 Å². The molecule has 0 unspecified atom stereocenters. The van der Waals surface area contributed by atoms with Crippen molar-refractivity contribution in [2.24, 2.45) is 9.98 Å². The molecule has 0 atom stereocenters. The molecule has 0 aromatic heterocycles. The third-order valence-corrected chi connectivity index (χ3v) is 4.13. The van der Waals surface area contributed by atoms with Crippen molar-refractivity contribution in [3.63, 3.8) is 0 Å². The molecule has 0 spiro atoms. The molecule has 0 aromatic carbocycles. The zero-order chi connectivity index (χ0) is 12.5. The maximum atomic E-state index is 4.76. The van der Waals surface area contributed by atoms with Gasteiger partial charge in [-0.25, -0.2) is 0 Å². The van der Waals surface area contributed by atoms with E-state index >= 15 is 0 Å². The van der Waals surface area contributed by atoms with E-state index in [4.69, 9.17) is 9.98 Å². The van der Waals surface area contributed by atoms with Crippen molar-refractivity contribution >= 4 is 11.4 Å². The summed E-state index contributed by atoms with van der Waals surface area (Å²) in [5.74, 6) is 0. The zero-order valence-electron chi connectivity index (χ0n) is 11.8. The van der Waals surface area contributed by atoms with Crippen LogP contribution >= 0.6 is 0 Å². The summed E-state index contributed by atoms with van der Waals surface area (Å²) < 4.78 is 0. The Morgan fingerprint density at radius 3 is 1.17 bits per heavy atom. The van der Waals surface area contributed by atoms with Gasteiger partial charge in [-0.2, -0.15) is 0 Å². The zero-order valence-corrected chi connectivity index (χ0v) is 11.8. The van der Waals surface area contributed by atoms with Gasteiger partial charge in [-0.15, -0.1) is 0 Å². The van der Waals surface area contributed by atoms with E-state index in [1.807, 2.05) is 0 Å². The second-order valence-corrected chi connectivity index (χ2v) is 5.72. The first kappa shape index (κ1) is 13.8. The summed E-state index contributed by atoms with van der Waals surface area (Å²) in [7, 11) is 0. The smallest absolute Gasteiger partial charge is 0.0584 e. The predicted octanol–water partition coefficient (Wildman–Crippen LogP) is 4.58. The average Bonchev–Trinajstić information content (AvgIpc) is 2.79. The first-order valence-electron chi connectivity index (χ1n) is 7.99. The van der Waals surface area contributed by atoms with E-state index in [0.29, 0.717) is 0 Å². The second kappa shape index (κ2) is 8.44. The molecule has 0 aromatic rings. The minimum Gasteiger partial charge on any atom is -0.292 e. The largest absolute Gasteiger partial charge is 0.292 e. The third kappa shape index (κ3) is 5.32. The van der Waals surface area contributed by atoms with E-state index < -0.39 is 0 Å². The quantitative estimate of drug-likeness (QED) is 0.516. The van der Waals surface area contributed by atoms with Gasteiger partial charge in [0.1, 0.15) is 0 Å². The molecule has 2 aliphatic carbocycles. The molecule has 2 aliphatic rings. The van der Waals surface area contributed by atoms with Crippen molar-refractivity contribution in [3.8, 4) is 0 Å². The molecule has 0 bridgehead atoms. The normalized spacial score (nSPS) is 22.2. The molecule has 0 N–H and O–H groups in total. The van der Waals surface area contributed by atoms with Crippen LogP contribution in [-0.4, -0.2) is 24.5 Å². The lowest BCUT2D eigenvalue weighted by Gasteiger charge is -2.03. The highest BCUT2D eigenvalue weighted by Gasteiger charge is 2.06. The molecule has 2 rings (SSSR count). The maximum absolute atomic E-state index is 4.76. The summed E-state index contributed by atoms with van der Waals surface area (Å²) in [5.41, 5.74) is 2.93. The fourth-order valence-electron chi connectivity index (χ4n) is 3.01. The fourth-order valence-corrected chi connectivity index (χ4v) is 3.01. The lowest BCUT2D eigenvalue weighted by molar-refractivity contribution is 0.702. The van der Waals surface area contributed by atoms with Crippen LogP contribution in [-0.2, 0) is 0 Å². The number of hydrogen-bond donors (Lipinski definition) is 0. The molecule has 0 aliphatic heterocycles. The van der Waals surface area contributed by atoms with Gasteiger partial charge in [-0.1, -0.05) is 25.7 Å². The molecule has 2 heteroatoms. The van der Waals surface area contributed by atoms with Crippen molar-refractivity contribution in [2.75, 3.05) is 13.1 Å². The lowest BCUT2D eigenvalue weighted by atomic mass is 10.2. The molecular formula is C16H28N2. The monoisotopic (exact) mass is 248 g/mol. The Labute approximate surface area is 112 Å². The summed E-state index contributed by atoms with van der Waals surface area (Å²) in [4.78, 5) is 9.52. The molecule has 2 nitrogen and oxygen atoms in total. The second-order valence-electron chi connectivity index (χ2n) is 5.72. The number of nitrogens with zero attached hydrogens (tertiary/aromatic N) is 2. The summed E-state index contributed by atoms with van der Waals surface area (Å²) in [6.45, 7) is 1.86. The van der Waals surface area contributed by atoms with E-state index in [0.717, 1.165) is 13.1 Å². The molecule has 18 heavy (non-hydrogen) atoms. The Kier molecular flexibility index (Phi) is 6.46. The summed E-state index contributed by atoms with van der Waals surface area (Å²) in [5, 5.41) is 0. The topological polar surface area (TPSA) is 24.7 Å². The molecule has 0 amide bonds. The third-order valence-electron chi connectivity index (χ3n) is 4.13. The molecule has 2 saturated carbocycles. The van der Waals surface area contributed by atoms with Gasteiger partial charge in [0.2, 0.25) is 0 Å². The molecule has 102 valence electrons.